The number of hydrogen-bond donors (Lipinski definition) is 1. The Morgan fingerprint density at radius 2 is 1.93 bits per heavy atom. The highest BCUT2D eigenvalue weighted by atomic mass is 32.2. The number of anilines is 1. The van der Waals surface area contributed by atoms with Crippen LogP contribution in [0.25, 0.3) is 0 Å². The number of hydrogen-bond acceptors (Lipinski definition) is 6. The van der Waals surface area contributed by atoms with E-state index in [9.17, 15) is 26.4 Å². The SMILES string of the molecule is C/C=C(/C)[C@H](C)Nc1ncc(C(=O)N2CCS(=O)(=O)CC2)c(C(F)(F)F)n1. The maximum Gasteiger partial charge on any atom is 0.434 e. The largest absolute Gasteiger partial charge is 0.434 e. The predicted molar refractivity (Wildman–Crippen MR) is 94.1 cm³/mol. The first-order valence-electron chi connectivity index (χ1n) is 8.28. The summed E-state index contributed by atoms with van der Waals surface area (Å²) in [6.45, 7) is 5.05. The molecule has 0 saturated carbocycles. The van der Waals surface area contributed by atoms with E-state index in [0.717, 1.165) is 16.7 Å². The van der Waals surface area contributed by atoms with Crippen LogP contribution in [0, 0.1) is 0 Å². The van der Waals surface area contributed by atoms with Gasteiger partial charge in [0.25, 0.3) is 5.91 Å². The Kier molecular flexibility index (Phi) is 6.13. The van der Waals surface area contributed by atoms with Crippen LogP contribution >= 0.6 is 0 Å². The Hall–Kier alpha value is -2.17. The van der Waals surface area contributed by atoms with E-state index >= 15 is 0 Å². The molecule has 2 rings (SSSR count). The molecule has 2 heterocycles. The van der Waals surface area contributed by atoms with Gasteiger partial charge >= 0.3 is 6.18 Å². The zero-order valence-corrected chi connectivity index (χ0v) is 16.0. The molecule has 0 aliphatic carbocycles. The van der Waals surface area contributed by atoms with Crippen molar-refractivity contribution in [1.29, 1.82) is 0 Å². The van der Waals surface area contributed by atoms with Crippen LogP contribution in [0.15, 0.2) is 17.8 Å². The topological polar surface area (TPSA) is 92.3 Å². The molecule has 1 saturated heterocycles. The van der Waals surface area contributed by atoms with E-state index < -0.39 is 33.2 Å². The molecule has 1 atom stereocenters. The number of aromatic nitrogens is 2. The van der Waals surface area contributed by atoms with Crippen LogP contribution in [0.2, 0.25) is 0 Å². The standard InChI is InChI=1S/C16H21F3N4O3S/c1-4-10(2)11(3)21-15-20-9-12(13(22-15)16(17,18)19)14(24)23-5-7-27(25,26)8-6-23/h4,9,11H,5-8H2,1-3H3,(H,20,21,22)/b10-4-/t11-/m0/s1. The highest BCUT2D eigenvalue weighted by Crippen LogP contribution is 2.31. The number of carbonyl (C=O) groups is 1. The minimum absolute atomic E-state index is 0.157. The molecular formula is C16H21F3N4O3S. The van der Waals surface area contributed by atoms with E-state index in [0.29, 0.717) is 0 Å². The molecule has 11 heteroatoms. The molecule has 0 radical (unpaired) electrons. The molecule has 1 fully saturated rings. The third-order valence-corrected chi connectivity index (χ3v) is 6.01. The van der Waals surface area contributed by atoms with Crippen LogP contribution in [0.1, 0.15) is 36.8 Å². The number of alkyl halides is 3. The molecule has 1 amide bonds. The fourth-order valence-electron chi connectivity index (χ4n) is 2.47. The van der Waals surface area contributed by atoms with Crippen LogP contribution < -0.4 is 5.32 Å². The number of nitrogens with zero attached hydrogens (tertiary/aromatic N) is 3. The Bertz CT molecular complexity index is 839. The van der Waals surface area contributed by atoms with Crippen molar-refractivity contribution in [2.75, 3.05) is 29.9 Å². The highest BCUT2D eigenvalue weighted by molar-refractivity contribution is 7.91. The molecule has 0 spiro atoms. The van der Waals surface area contributed by atoms with Crippen molar-refractivity contribution in [2.24, 2.45) is 0 Å². The highest BCUT2D eigenvalue weighted by Gasteiger charge is 2.40. The molecule has 1 N–H and O–H groups in total. The minimum atomic E-state index is -4.86. The smallest absolute Gasteiger partial charge is 0.348 e. The van der Waals surface area contributed by atoms with Crippen LogP contribution in [0.3, 0.4) is 0 Å². The van der Waals surface area contributed by atoms with E-state index in [2.05, 4.69) is 15.3 Å². The van der Waals surface area contributed by atoms with E-state index in [-0.39, 0.29) is 36.6 Å². The van der Waals surface area contributed by atoms with Gasteiger partial charge in [0.05, 0.1) is 17.1 Å². The number of rotatable bonds is 4. The zero-order chi connectivity index (χ0) is 20.4. The monoisotopic (exact) mass is 406 g/mol. The number of sulfone groups is 1. The van der Waals surface area contributed by atoms with Gasteiger partial charge < -0.3 is 10.2 Å². The maximum absolute atomic E-state index is 13.4. The summed E-state index contributed by atoms with van der Waals surface area (Å²) < 4.78 is 63.2. The molecule has 1 aliphatic heterocycles. The average Bonchev–Trinajstić information content (AvgIpc) is 2.59. The van der Waals surface area contributed by atoms with E-state index in [1.165, 1.54) is 0 Å². The molecule has 1 aliphatic rings. The third-order valence-electron chi connectivity index (χ3n) is 4.40. The van der Waals surface area contributed by atoms with Gasteiger partial charge in [-0.25, -0.2) is 18.4 Å². The van der Waals surface area contributed by atoms with Crippen LogP contribution in [0.5, 0.6) is 0 Å². The molecule has 0 bridgehead atoms. The summed E-state index contributed by atoms with van der Waals surface area (Å²) in [5.74, 6) is -1.73. The van der Waals surface area contributed by atoms with Crippen molar-refractivity contribution in [3.05, 3.63) is 29.1 Å². The van der Waals surface area contributed by atoms with Gasteiger partial charge in [0.15, 0.2) is 15.5 Å². The summed E-state index contributed by atoms with van der Waals surface area (Å²) in [7, 11) is -3.26. The lowest BCUT2D eigenvalue weighted by Gasteiger charge is -2.27. The summed E-state index contributed by atoms with van der Waals surface area (Å²) in [5, 5.41) is 2.77. The zero-order valence-electron chi connectivity index (χ0n) is 15.2. The average molecular weight is 406 g/mol. The first kappa shape index (κ1) is 21.1. The van der Waals surface area contributed by atoms with E-state index in [1.807, 2.05) is 13.0 Å². The van der Waals surface area contributed by atoms with Gasteiger partial charge in [-0.2, -0.15) is 13.2 Å². The second-order valence-corrected chi connectivity index (χ2v) is 8.60. The van der Waals surface area contributed by atoms with E-state index in [1.54, 1.807) is 13.8 Å². The second kappa shape index (κ2) is 7.83. The predicted octanol–water partition coefficient (Wildman–Crippen LogP) is 2.13. The van der Waals surface area contributed by atoms with Gasteiger partial charge in [0.1, 0.15) is 0 Å². The lowest BCUT2D eigenvalue weighted by molar-refractivity contribution is -0.141. The molecule has 27 heavy (non-hydrogen) atoms. The summed E-state index contributed by atoms with van der Waals surface area (Å²) in [4.78, 5) is 20.9. The lowest BCUT2D eigenvalue weighted by atomic mass is 10.1. The van der Waals surface area contributed by atoms with Gasteiger partial charge in [-0.3, -0.25) is 4.79 Å². The van der Waals surface area contributed by atoms with Crippen molar-refractivity contribution < 1.29 is 26.4 Å². The van der Waals surface area contributed by atoms with Gasteiger partial charge in [-0.1, -0.05) is 11.6 Å². The molecule has 0 aromatic carbocycles. The van der Waals surface area contributed by atoms with Crippen molar-refractivity contribution in [3.63, 3.8) is 0 Å². The fourth-order valence-corrected chi connectivity index (χ4v) is 3.67. The Balaban J connectivity index is 2.32. The molecule has 1 aromatic rings. The van der Waals surface area contributed by atoms with Crippen LogP contribution in [-0.4, -0.2) is 59.8 Å². The number of amides is 1. The number of halogens is 3. The quantitative estimate of drug-likeness (QED) is 0.771. The first-order valence-corrected chi connectivity index (χ1v) is 10.1. The van der Waals surface area contributed by atoms with Crippen molar-refractivity contribution in [1.82, 2.24) is 14.9 Å². The number of carbonyl (C=O) groups excluding carboxylic acids is 1. The Labute approximate surface area is 155 Å². The van der Waals surface area contributed by atoms with Crippen molar-refractivity contribution in [3.8, 4) is 0 Å². The van der Waals surface area contributed by atoms with Crippen LogP contribution in [0.4, 0.5) is 19.1 Å². The third kappa shape index (κ3) is 5.18. The number of allylic oxidation sites excluding steroid dienone is 1. The minimum Gasteiger partial charge on any atom is -0.348 e. The fraction of sp³-hybridized carbons (Fsp3) is 0.562. The van der Waals surface area contributed by atoms with Crippen LogP contribution in [-0.2, 0) is 16.0 Å². The Morgan fingerprint density at radius 1 is 1.33 bits per heavy atom. The molecule has 1 aromatic heterocycles. The Morgan fingerprint density at radius 3 is 2.44 bits per heavy atom. The van der Waals surface area contributed by atoms with E-state index in [4.69, 9.17) is 0 Å². The summed E-state index contributed by atoms with van der Waals surface area (Å²) in [6, 6.07) is -0.287. The van der Waals surface area contributed by atoms with Gasteiger partial charge in [-0.05, 0) is 20.8 Å². The van der Waals surface area contributed by atoms with Gasteiger partial charge in [0, 0.05) is 25.3 Å². The molecule has 150 valence electrons. The first-order chi connectivity index (χ1) is 12.4. The summed E-state index contributed by atoms with van der Waals surface area (Å²) in [5.41, 5.74) is -1.15. The summed E-state index contributed by atoms with van der Waals surface area (Å²) in [6.07, 6.45) is -2.21. The lowest BCUT2D eigenvalue weighted by Crippen LogP contribution is -2.44. The summed E-state index contributed by atoms with van der Waals surface area (Å²) >= 11 is 0. The second-order valence-electron chi connectivity index (χ2n) is 6.30. The molecular weight excluding hydrogens is 385 g/mol. The van der Waals surface area contributed by atoms with Gasteiger partial charge in [0.2, 0.25) is 5.95 Å². The normalized spacial score (nSPS) is 18.9. The maximum atomic E-state index is 13.4. The molecule has 0 unspecified atom stereocenters. The van der Waals surface area contributed by atoms with Crippen molar-refractivity contribution in [2.45, 2.75) is 33.0 Å². The number of nitrogens with one attached hydrogen (secondary N) is 1. The molecule has 7 nitrogen and oxygen atoms in total. The van der Waals surface area contributed by atoms with Gasteiger partial charge in [-0.15, -0.1) is 0 Å². The van der Waals surface area contributed by atoms with Crippen molar-refractivity contribution >= 4 is 21.7 Å².